The highest BCUT2D eigenvalue weighted by molar-refractivity contribution is 7.91. The molecule has 0 fully saturated rings. The molecule has 0 aromatic rings. The van der Waals surface area contributed by atoms with Gasteiger partial charge in [-0.1, -0.05) is 52.4 Å². The normalized spacial score (nSPS) is 14.1. The van der Waals surface area contributed by atoms with E-state index >= 15 is 0 Å². The second-order valence-electron chi connectivity index (χ2n) is 5.33. The third-order valence-corrected chi connectivity index (χ3v) is 5.73. The van der Waals surface area contributed by atoms with Gasteiger partial charge in [0.25, 0.3) is 0 Å². The van der Waals surface area contributed by atoms with Crippen molar-refractivity contribution >= 4 is 10.0 Å². The fraction of sp³-hybridized carbons (Fsp3) is 0.867. The van der Waals surface area contributed by atoms with Crippen molar-refractivity contribution in [1.82, 2.24) is 4.72 Å². The Bertz CT molecular complexity index is 462. The van der Waals surface area contributed by atoms with E-state index in [2.05, 4.69) is 17.7 Å². The quantitative estimate of drug-likeness (QED) is 0.560. The predicted molar refractivity (Wildman–Crippen MR) is 83.8 cm³/mol. The maximum Gasteiger partial charge on any atom is 0.230 e. The zero-order chi connectivity index (χ0) is 16.2. The Morgan fingerprint density at radius 2 is 1.62 bits per heavy atom. The van der Waals surface area contributed by atoms with E-state index in [0.29, 0.717) is 19.3 Å². The van der Waals surface area contributed by atoms with E-state index in [1.54, 1.807) is 0 Å². The van der Waals surface area contributed by atoms with E-state index in [4.69, 9.17) is 5.26 Å². The Morgan fingerprint density at radius 3 is 2.14 bits per heavy atom. The highest BCUT2D eigenvalue weighted by Crippen LogP contribution is 2.29. The number of nitrogens with zero attached hydrogens (tertiary/aromatic N) is 2. The molecule has 0 rings (SSSR count). The molecule has 0 spiro atoms. The van der Waals surface area contributed by atoms with Crippen LogP contribution in [0.5, 0.6) is 0 Å². The Kier molecular flexibility index (Phi) is 10.0. The predicted octanol–water partition coefficient (Wildman–Crippen LogP) is 3.24. The lowest BCUT2D eigenvalue weighted by Gasteiger charge is -2.26. The molecule has 0 heterocycles. The smallest absolute Gasteiger partial charge is 0.213 e. The van der Waals surface area contributed by atoms with Gasteiger partial charge in [0.1, 0.15) is 0 Å². The topological polar surface area (TPSA) is 93.8 Å². The Morgan fingerprint density at radius 1 is 1.00 bits per heavy atom. The number of rotatable bonds is 12. The third-order valence-electron chi connectivity index (χ3n) is 3.62. The zero-order valence-electron chi connectivity index (χ0n) is 13.2. The van der Waals surface area contributed by atoms with Crippen LogP contribution < -0.4 is 4.72 Å². The van der Waals surface area contributed by atoms with Gasteiger partial charge in [-0.05, 0) is 12.8 Å². The molecule has 120 valence electrons. The molecule has 0 aliphatic heterocycles. The largest absolute Gasteiger partial charge is 0.230 e. The van der Waals surface area contributed by atoms with Gasteiger partial charge in [0, 0.05) is 13.0 Å². The van der Waals surface area contributed by atoms with Crippen LogP contribution in [0.25, 0.3) is 0 Å². The van der Waals surface area contributed by atoms with Crippen molar-refractivity contribution in [3.8, 4) is 12.1 Å². The SMILES string of the molecule is CCCCCCC(C#N)(CCCC)S(=O)(=O)NCCC#N. The van der Waals surface area contributed by atoms with Crippen LogP contribution >= 0.6 is 0 Å². The maximum atomic E-state index is 12.5. The van der Waals surface area contributed by atoms with E-state index in [1.807, 2.05) is 13.0 Å². The van der Waals surface area contributed by atoms with Crippen LogP contribution in [0.3, 0.4) is 0 Å². The second kappa shape index (κ2) is 10.6. The summed E-state index contributed by atoms with van der Waals surface area (Å²) in [6.07, 6.45) is 6.21. The molecule has 0 amide bonds. The van der Waals surface area contributed by atoms with Gasteiger partial charge in [-0.25, -0.2) is 13.1 Å². The van der Waals surface area contributed by atoms with Gasteiger partial charge in [-0.2, -0.15) is 10.5 Å². The van der Waals surface area contributed by atoms with E-state index in [1.165, 1.54) is 0 Å². The van der Waals surface area contributed by atoms with Crippen LogP contribution in [0, 0.1) is 22.7 Å². The Labute approximate surface area is 129 Å². The molecule has 6 heteroatoms. The number of hydrogen-bond donors (Lipinski definition) is 1. The maximum absolute atomic E-state index is 12.5. The van der Waals surface area contributed by atoms with Crippen LogP contribution in [-0.4, -0.2) is 19.7 Å². The van der Waals surface area contributed by atoms with Crippen molar-refractivity contribution in [3.63, 3.8) is 0 Å². The summed E-state index contributed by atoms with van der Waals surface area (Å²) in [7, 11) is -3.73. The first-order valence-electron chi connectivity index (χ1n) is 7.77. The van der Waals surface area contributed by atoms with Crippen LogP contribution in [0.1, 0.15) is 71.6 Å². The summed E-state index contributed by atoms with van der Waals surface area (Å²) >= 11 is 0. The number of nitrogens with one attached hydrogen (secondary N) is 1. The monoisotopic (exact) mass is 313 g/mol. The first-order valence-corrected chi connectivity index (χ1v) is 9.25. The summed E-state index contributed by atoms with van der Waals surface area (Å²) in [6, 6.07) is 3.96. The summed E-state index contributed by atoms with van der Waals surface area (Å²) in [5, 5.41) is 18.0. The van der Waals surface area contributed by atoms with Crippen LogP contribution in [0.15, 0.2) is 0 Å². The fourth-order valence-corrected chi connectivity index (χ4v) is 3.84. The van der Waals surface area contributed by atoms with Crippen molar-refractivity contribution in [2.45, 2.75) is 76.4 Å². The Hall–Kier alpha value is -1.11. The Balaban J connectivity index is 4.99. The number of sulfonamides is 1. The lowest BCUT2D eigenvalue weighted by atomic mass is 9.95. The molecule has 21 heavy (non-hydrogen) atoms. The van der Waals surface area contributed by atoms with Crippen molar-refractivity contribution in [2.24, 2.45) is 0 Å². The van der Waals surface area contributed by atoms with E-state index in [9.17, 15) is 13.7 Å². The number of nitriles is 2. The second-order valence-corrected chi connectivity index (χ2v) is 7.40. The molecule has 0 aliphatic rings. The lowest BCUT2D eigenvalue weighted by molar-refractivity contribution is 0.474. The number of hydrogen-bond acceptors (Lipinski definition) is 4. The summed E-state index contributed by atoms with van der Waals surface area (Å²) in [5.41, 5.74) is 0. The number of unbranched alkanes of at least 4 members (excludes halogenated alkanes) is 4. The summed E-state index contributed by atoms with van der Waals surface area (Å²) in [5.74, 6) is 0. The molecular weight excluding hydrogens is 286 g/mol. The highest BCUT2D eigenvalue weighted by atomic mass is 32.2. The van der Waals surface area contributed by atoms with E-state index < -0.39 is 14.8 Å². The van der Waals surface area contributed by atoms with Crippen molar-refractivity contribution in [1.29, 1.82) is 10.5 Å². The van der Waals surface area contributed by atoms with Crippen molar-refractivity contribution in [2.75, 3.05) is 6.54 Å². The van der Waals surface area contributed by atoms with E-state index in [-0.39, 0.29) is 13.0 Å². The molecule has 0 aliphatic carbocycles. The van der Waals surface area contributed by atoms with Crippen molar-refractivity contribution < 1.29 is 8.42 Å². The molecule has 0 saturated carbocycles. The summed E-state index contributed by atoms with van der Waals surface area (Å²) in [4.78, 5) is 0. The van der Waals surface area contributed by atoms with Crippen LogP contribution in [0.2, 0.25) is 0 Å². The minimum atomic E-state index is -3.73. The minimum absolute atomic E-state index is 0.0728. The fourth-order valence-electron chi connectivity index (χ4n) is 2.24. The zero-order valence-corrected chi connectivity index (χ0v) is 14.0. The van der Waals surface area contributed by atoms with Gasteiger partial charge in [0.2, 0.25) is 10.0 Å². The molecule has 0 aromatic heterocycles. The standard InChI is InChI=1S/C15H27N3O2S/c1-3-5-7-8-11-15(14-17,10-6-4-2)21(19,20)18-13-9-12-16/h18H,3-11,13H2,1-2H3. The van der Waals surface area contributed by atoms with Crippen LogP contribution in [-0.2, 0) is 10.0 Å². The summed E-state index contributed by atoms with van der Waals surface area (Å²) in [6.45, 7) is 4.15. The van der Waals surface area contributed by atoms with Gasteiger partial charge >= 0.3 is 0 Å². The van der Waals surface area contributed by atoms with Crippen molar-refractivity contribution in [3.05, 3.63) is 0 Å². The van der Waals surface area contributed by atoms with Gasteiger partial charge in [0.15, 0.2) is 4.75 Å². The average Bonchev–Trinajstić information content (AvgIpc) is 2.47. The lowest BCUT2D eigenvalue weighted by Crippen LogP contribution is -2.45. The van der Waals surface area contributed by atoms with Gasteiger partial charge in [0.05, 0.1) is 12.1 Å². The molecule has 0 saturated heterocycles. The summed E-state index contributed by atoms with van der Waals surface area (Å²) < 4.78 is 26.0. The molecular formula is C15H27N3O2S. The molecule has 0 bridgehead atoms. The van der Waals surface area contributed by atoms with E-state index in [0.717, 1.165) is 32.1 Å². The minimum Gasteiger partial charge on any atom is -0.213 e. The molecule has 1 atom stereocenters. The molecule has 1 unspecified atom stereocenters. The highest BCUT2D eigenvalue weighted by Gasteiger charge is 2.42. The van der Waals surface area contributed by atoms with Gasteiger partial charge in [-0.15, -0.1) is 0 Å². The first kappa shape index (κ1) is 19.9. The molecule has 1 N–H and O–H groups in total. The van der Waals surface area contributed by atoms with Gasteiger partial charge < -0.3 is 0 Å². The molecule has 0 aromatic carbocycles. The first-order chi connectivity index (χ1) is 9.99. The molecule has 0 radical (unpaired) electrons. The third kappa shape index (κ3) is 6.46. The van der Waals surface area contributed by atoms with Gasteiger partial charge in [-0.3, -0.25) is 0 Å². The van der Waals surface area contributed by atoms with Crippen LogP contribution in [0.4, 0.5) is 0 Å². The molecule has 5 nitrogen and oxygen atoms in total. The average molecular weight is 313 g/mol.